The lowest BCUT2D eigenvalue weighted by molar-refractivity contribution is 0.321. The Kier molecular flexibility index (Phi) is 5.56. The molecule has 3 heteroatoms. The molecule has 1 unspecified atom stereocenters. The minimum atomic E-state index is 0.224. The van der Waals surface area contributed by atoms with Crippen LogP contribution in [0, 0.1) is 0 Å². The fourth-order valence-electron chi connectivity index (χ4n) is 2.05. The van der Waals surface area contributed by atoms with E-state index in [4.69, 9.17) is 10.5 Å². The molecule has 2 rings (SSSR count). The van der Waals surface area contributed by atoms with Crippen LogP contribution >= 0.6 is 0 Å². The first-order valence-electron chi connectivity index (χ1n) is 7.14. The first-order chi connectivity index (χ1) is 9.78. The van der Waals surface area contributed by atoms with E-state index in [1.807, 2.05) is 36.7 Å². The molecule has 0 amide bonds. The van der Waals surface area contributed by atoms with Crippen LogP contribution in [0.15, 0.2) is 48.8 Å². The van der Waals surface area contributed by atoms with E-state index < -0.39 is 0 Å². The lowest BCUT2D eigenvalue weighted by Crippen LogP contribution is -2.21. The number of pyridine rings is 1. The number of ether oxygens (including phenoxy) is 1. The smallest absolute Gasteiger partial charge is 0.119 e. The molecule has 2 N–H and O–H groups in total. The molecule has 1 atom stereocenters. The van der Waals surface area contributed by atoms with Gasteiger partial charge in [0.15, 0.2) is 0 Å². The molecule has 0 fully saturated rings. The lowest BCUT2D eigenvalue weighted by atomic mass is 10.0. The number of rotatable bonds is 7. The van der Waals surface area contributed by atoms with Crippen LogP contribution in [0.3, 0.4) is 0 Å². The second kappa shape index (κ2) is 7.65. The zero-order chi connectivity index (χ0) is 14.2. The highest BCUT2D eigenvalue weighted by Gasteiger charge is 2.03. The van der Waals surface area contributed by atoms with Crippen molar-refractivity contribution in [3.8, 4) is 5.75 Å². The summed E-state index contributed by atoms with van der Waals surface area (Å²) < 4.78 is 5.80. The van der Waals surface area contributed by atoms with Crippen molar-refractivity contribution in [1.82, 2.24) is 4.98 Å². The molecule has 0 aliphatic carbocycles. The van der Waals surface area contributed by atoms with Gasteiger partial charge < -0.3 is 10.5 Å². The molecule has 0 saturated heterocycles. The molecule has 0 radical (unpaired) electrons. The Hall–Kier alpha value is -1.87. The van der Waals surface area contributed by atoms with E-state index in [1.165, 1.54) is 11.1 Å². The SMILES string of the molecule is CCC(N)Cc1cccc(OCCc2ccncc2)c1. The summed E-state index contributed by atoms with van der Waals surface area (Å²) in [6, 6.07) is 12.5. The van der Waals surface area contributed by atoms with Gasteiger partial charge in [-0.15, -0.1) is 0 Å². The standard InChI is InChI=1S/C17H22N2O/c1-2-16(18)12-15-4-3-5-17(13-15)20-11-8-14-6-9-19-10-7-14/h3-7,9-10,13,16H,2,8,11-12,18H2,1H3. The lowest BCUT2D eigenvalue weighted by Gasteiger charge is -2.11. The minimum absolute atomic E-state index is 0.224. The van der Waals surface area contributed by atoms with Crippen LogP contribution in [0.4, 0.5) is 0 Å². The topological polar surface area (TPSA) is 48.1 Å². The molecular weight excluding hydrogens is 248 g/mol. The van der Waals surface area contributed by atoms with E-state index in [0.717, 1.165) is 25.0 Å². The molecular formula is C17H22N2O. The second-order valence-electron chi connectivity index (χ2n) is 4.97. The molecule has 0 aliphatic rings. The van der Waals surface area contributed by atoms with Crippen LogP contribution < -0.4 is 10.5 Å². The van der Waals surface area contributed by atoms with E-state index in [0.29, 0.717) is 6.61 Å². The Morgan fingerprint density at radius 2 is 1.95 bits per heavy atom. The highest BCUT2D eigenvalue weighted by atomic mass is 16.5. The zero-order valence-corrected chi connectivity index (χ0v) is 12.0. The van der Waals surface area contributed by atoms with Gasteiger partial charge in [0.25, 0.3) is 0 Å². The average Bonchev–Trinajstić information content (AvgIpc) is 2.48. The van der Waals surface area contributed by atoms with Crippen molar-refractivity contribution in [2.75, 3.05) is 6.61 Å². The van der Waals surface area contributed by atoms with Gasteiger partial charge in [0.2, 0.25) is 0 Å². The summed E-state index contributed by atoms with van der Waals surface area (Å²) in [6.07, 6.45) is 6.40. The van der Waals surface area contributed by atoms with Crippen molar-refractivity contribution < 1.29 is 4.74 Å². The van der Waals surface area contributed by atoms with Gasteiger partial charge in [0.05, 0.1) is 6.61 Å². The van der Waals surface area contributed by atoms with Crippen molar-refractivity contribution in [1.29, 1.82) is 0 Å². The van der Waals surface area contributed by atoms with Gasteiger partial charge in [-0.3, -0.25) is 4.98 Å². The molecule has 1 aromatic carbocycles. The third-order valence-electron chi connectivity index (χ3n) is 3.33. The highest BCUT2D eigenvalue weighted by Crippen LogP contribution is 2.15. The molecule has 20 heavy (non-hydrogen) atoms. The summed E-state index contributed by atoms with van der Waals surface area (Å²) in [5, 5.41) is 0. The number of aromatic nitrogens is 1. The monoisotopic (exact) mass is 270 g/mol. The van der Waals surface area contributed by atoms with Gasteiger partial charge in [0.1, 0.15) is 5.75 Å². The maximum Gasteiger partial charge on any atom is 0.119 e. The van der Waals surface area contributed by atoms with Crippen LogP contribution in [0.1, 0.15) is 24.5 Å². The molecule has 0 bridgehead atoms. The van der Waals surface area contributed by atoms with Gasteiger partial charge in [-0.25, -0.2) is 0 Å². The molecule has 0 saturated carbocycles. The Labute approximate surface area is 120 Å². The molecule has 1 aromatic heterocycles. The van der Waals surface area contributed by atoms with E-state index in [-0.39, 0.29) is 6.04 Å². The third kappa shape index (κ3) is 4.67. The Balaban J connectivity index is 1.85. The molecule has 2 aromatic rings. The number of hydrogen-bond acceptors (Lipinski definition) is 3. The van der Waals surface area contributed by atoms with Gasteiger partial charge in [0, 0.05) is 24.9 Å². The summed E-state index contributed by atoms with van der Waals surface area (Å²) >= 11 is 0. The van der Waals surface area contributed by atoms with Crippen LogP contribution in [0.2, 0.25) is 0 Å². The van der Waals surface area contributed by atoms with Gasteiger partial charge in [-0.05, 0) is 48.2 Å². The second-order valence-corrected chi connectivity index (χ2v) is 4.97. The Bertz CT molecular complexity index is 513. The van der Waals surface area contributed by atoms with Crippen LogP contribution in [-0.4, -0.2) is 17.6 Å². The quantitative estimate of drug-likeness (QED) is 0.841. The fraction of sp³-hybridized carbons (Fsp3) is 0.353. The molecule has 3 nitrogen and oxygen atoms in total. The molecule has 0 aliphatic heterocycles. The van der Waals surface area contributed by atoms with Crippen molar-refractivity contribution in [2.24, 2.45) is 5.73 Å². The van der Waals surface area contributed by atoms with Crippen LogP contribution in [-0.2, 0) is 12.8 Å². The van der Waals surface area contributed by atoms with Crippen molar-refractivity contribution >= 4 is 0 Å². The number of nitrogens with zero attached hydrogens (tertiary/aromatic N) is 1. The van der Waals surface area contributed by atoms with E-state index >= 15 is 0 Å². The predicted molar refractivity (Wildman–Crippen MR) is 81.8 cm³/mol. The summed E-state index contributed by atoms with van der Waals surface area (Å²) in [5.41, 5.74) is 8.46. The maximum atomic E-state index is 5.98. The normalized spacial score (nSPS) is 12.1. The maximum absolute atomic E-state index is 5.98. The van der Waals surface area contributed by atoms with Gasteiger partial charge in [-0.2, -0.15) is 0 Å². The van der Waals surface area contributed by atoms with Gasteiger partial charge >= 0.3 is 0 Å². The fourth-order valence-corrected chi connectivity index (χ4v) is 2.05. The summed E-state index contributed by atoms with van der Waals surface area (Å²) in [6.45, 7) is 2.78. The zero-order valence-electron chi connectivity index (χ0n) is 12.0. The first-order valence-corrected chi connectivity index (χ1v) is 7.14. The molecule has 106 valence electrons. The largest absolute Gasteiger partial charge is 0.493 e. The predicted octanol–water partition coefficient (Wildman–Crippen LogP) is 2.98. The number of hydrogen-bond donors (Lipinski definition) is 1. The Morgan fingerprint density at radius 1 is 1.15 bits per heavy atom. The summed E-state index contributed by atoms with van der Waals surface area (Å²) in [4.78, 5) is 4.01. The van der Waals surface area contributed by atoms with E-state index in [9.17, 15) is 0 Å². The van der Waals surface area contributed by atoms with Crippen molar-refractivity contribution in [3.63, 3.8) is 0 Å². The first kappa shape index (κ1) is 14.5. The molecule has 1 heterocycles. The van der Waals surface area contributed by atoms with Crippen LogP contribution in [0.25, 0.3) is 0 Å². The minimum Gasteiger partial charge on any atom is -0.493 e. The summed E-state index contributed by atoms with van der Waals surface area (Å²) in [7, 11) is 0. The van der Waals surface area contributed by atoms with Crippen LogP contribution in [0.5, 0.6) is 5.75 Å². The van der Waals surface area contributed by atoms with E-state index in [1.54, 1.807) is 0 Å². The van der Waals surface area contributed by atoms with E-state index in [2.05, 4.69) is 24.0 Å². The summed E-state index contributed by atoms with van der Waals surface area (Å²) in [5.74, 6) is 0.917. The highest BCUT2D eigenvalue weighted by molar-refractivity contribution is 5.29. The average molecular weight is 270 g/mol. The molecule has 0 spiro atoms. The third-order valence-corrected chi connectivity index (χ3v) is 3.33. The number of nitrogens with two attached hydrogens (primary N) is 1. The number of benzene rings is 1. The van der Waals surface area contributed by atoms with Crippen molar-refractivity contribution in [3.05, 3.63) is 59.9 Å². The Morgan fingerprint density at radius 3 is 2.70 bits per heavy atom. The van der Waals surface area contributed by atoms with Crippen molar-refractivity contribution in [2.45, 2.75) is 32.2 Å². The van der Waals surface area contributed by atoms with Gasteiger partial charge in [-0.1, -0.05) is 19.1 Å².